The van der Waals surface area contributed by atoms with E-state index in [1.807, 2.05) is 6.08 Å². The van der Waals surface area contributed by atoms with E-state index in [9.17, 15) is 14.4 Å². The molecule has 19 heavy (non-hydrogen) atoms. The summed E-state index contributed by atoms with van der Waals surface area (Å²) in [5, 5.41) is 0. The monoisotopic (exact) mass is 265 g/mol. The third kappa shape index (κ3) is 1.61. The van der Waals surface area contributed by atoms with Gasteiger partial charge in [0.05, 0.1) is 12.1 Å². The smallest absolute Gasteiger partial charge is 0.347 e. The van der Waals surface area contributed by atoms with Crippen molar-refractivity contribution in [2.45, 2.75) is 31.8 Å². The summed E-state index contributed by atoms with van der Waals surface area (Å²) >= 11 is 0. The Balaban J connectivity index is 2.05. The first-order valence-corrected chi connectivity index (χ1v) is 6.24. The number of allylic oxidation sites excluding steroid dienone is 1. The summed E-state index contributed by atoms with van der Waals surface area (Å²) < 4.78 is 9.13. The number of rotatable bonds is 2. The van der Waals surface area contributed by atoms with Crippen molar-refractivity contribution in [1.82, 2.24) is 13.9 Å². The van der Waals surface area contributed by atoms with E-state index in [-0.39, 0.29) is 36.0 Å². The maximum absolute atomic E-state index is 12.1. The number of aromatic nitrogens is 3. The molecular formula is C12H15N3O4. The van der Waals surface area contributed by atoms with Crippen molar-refractivity contribution in [3.05, 3.63) is 32.6 Å². The summed E-state index contributed by atoms with van der Waals surface area (Å²) in [5.74, 6) is -0.347. The molecule has 2 bridgehead atoms. The highest BCUT2D eigenvalue weighted by Crippen LogP contribution is 2.38. The molecule has 2 unspecified atom stereocenters. The van der Waals surface area contributed by atoms with Gasteiger partial charge in [-0.25, -0.2) is 23.5 Å². The van der Waals surface area contributed by atoms with Crippen molar-refractivity contribution in [2.24, 2.45) is 7.05 Å². The predicted molar refractivity (Wildman–Crippen MR) is 66.0 cm³/mol. The molecule has 0 aromatic carbocycles. The fourth-order valence-electron chi connectivity index (χ4n) is 2.92. The molecule has 0 fully saturated rings. The predicted octanol–water partition coefficient (Wildman–Crippen LogP) is -0.272. The van der Waals surface area contributed by atoms with Gasteiger partial charge in [-0.3, -0.25) is 4.79 Å². The van der Waals surface area contributed by atoms with Crippen molar-refractivity contribution in [1.29, 1.82) is 0 Å². The summed E-state index contributed by atoms with van der Waals surface area (Å²) in [4.78, 5) is 35.0. The van der Waals surface area contributed by atoms with Crippen LogP contribution in [0.1, 0.15) is 31.8 Å². The SMILES string of the molecule is CC(=O)OCC1=CC2CCC1n1c(=O)n(C)c(=O)n12. The van der Waals surface area contributed by atoms with Gasteiger partial charge in [0.25, 0.3) is 0 Å². The first-order chi connectivity index (χ1) is 9.00. The minimum absolute atomic E-state index is 0.114. The molecule has 0 amide bonds. The maximum Gasteiger partial charge on any atom is 0.347 e. The van der Waals surface area contributed by atoms with Crippen molar-refractivity contribution in [3.8, 4) is 0 Å². The molecule has 2 atom stereocenters. The van der Waals surface area contributed by atoms with Crippen molar-refractivity contribution in [3.63, 3.8) is 0 Å². The van der Waals surface area contributed by atoms with Gasteiger partial charge in [0.15, 0.2) is 0 Å². The molecular weight excluding hydrogens is 250 g/mol. The van der Waals surface area contributed by atoms with E-state index in [1.54, 1.807) is 0 Å². The third-order valence-electron chi connectivity index (χ3n) is 3.82. The Hall–Kier alpha value is -2.05. The van der Waals surface area contributed by atoms with Gasteiger partial charge in [-0.2, -0.15) is 0 Å². The summed E-state index contributed by atoms with van der Waals surface area (Å²) in [6.07, 6.45) is 3.57. The van der Waals surface area contributed by atoms with E-state index in [4.69, 9.17) is 4.74 Å². The van der Waals surface area contributed by atoms with Gasteiger partial charge in [-0.05, 0) is 18.4 Å². The minimum atomic E-state index is -0.347. The number of hydrogen-bond acceptors (Lipinski definition) is 4. The van der Waals surface area contributed by atoms with Crippen LogP contribution >= 0.6 is 0 Å². The number of carbonyl (C=O) groups is 1. The molecule has 2 aliphatic heterocycles. The van der Waals surface area contributed by atoms with Crippen LogP contribution in [0.3, 0.4) is 0 Å². The normalized spacial score (nSPS) is 24.0. The molecule has 0 spiro atoms. The lowest BCUT2D eigenvalue weighted by Gasteiger charge is -2.37. The third-order valence-corrected chi connectivity index (χ3v) is 3.82. The second-order valence-corrected chi connectivity index (χ2v) is 5.00. The average Bonchev–Trinajstić information content (AvgIpc) is 2.64. The van der Waals surface area contributed by atoms with Gasteiger partial charge < -0.3 is 4.74 Å². The van der Waals surface area contributed by atoms with Gasteiger partial charge in [-0.15, -0.1) is 0 Å². The van der Waals surface area contributed by atoms with Crippen LogP contribution in [0, 0.1) is 0 Å². The maximum atomic E-state index is 12.1. The van der Waals surface area contributed by atoms with E-state index in [0.29, 0.717) is 0 Å². The van der Waals surface area contributed by atoms with Crippen LogP contribution in [0.2, 0.25) is 0 Å². The van der Waals surface area contributed by atoms with Crippen LogP contribution in [0.4, 0.5) is 0 Å². The first-order valence-electron chi connectivity index (χ1n) is 6.24. The summed E-state index contributed by atoms with van der Waals surface area (Å²) in [7, 11) is 1.48. The Labute approximate surface area is 108 Å². The van der Waals surface area contributed by atoms with Gasteiger partial charge in [-0.1, -0.05) is 6.08 Å². The quantitative estimate of drug-likeness (QED) is 0.545. The van der Waals surface area contributed by atoms with Crippen molar-refractivity contribution < 1.29 is 9.53 Å². The second kappa shape index (κ2) is 3.97. The Kier molecular flexibility index (Phi) is 2.51. The highest BCUT2D eigenvalue weighted by atomic mass is 16.5. The van der Waals surface area contributed by atoms with E-state index >= 15 is 0 Å². The highest BCUT2D eigenvalue weighted by Gasteiger charge is 2.37. The molecule has 0 saturated heterocycles. The number of esters is 1. The molecule has 3 heterocycles. The van der Waals surface area contributed by atoms with E-state index < -0.39 is 0 Å². The molecule has 7 nitrogen and oxygen atoms in total. The van der Waals surface area contributed by atoms with Gasteiger partial charge in [0, 0.05) is 14.0 Å². The lowest BCUT2D eigenvalue weighted by Crippen LogP contribution is -2.42. The van der Waals surface area contributed by atoms with Gasteiger partial charge >= 0.3 is 17.3 Å². The minimum Gasteiger partial charge on any atom is -0.461 e. The van der Waals surface area contributed by atoms with Gasteiger partial charge in [0.2, 0.25) is 0 Å². The zero-order chi connectivity index (χ0) is 13.7. The standard InChI is InChI=1S/C12H15N3O4/c1-7(16)19-6-8-5-9-3-4-10(8)15-12(18)13(2)11(17)14(9)15/h5,9-10H,3-4,6H2,1-2H3. The van der Waals surface area contributed by atoms with Crippen molar-refractivity contribution in [2.75, 3.05) is 6.61 Å². The molecule has 102 valence electrons. The molecule has 3 aliphatic rings. The zero-order valence-electron chi connectivity index (χ0n) is 10.8. The summed E-state index contributed by atoms with van der Waals surface area (Å²) in [5.41, 5.74) is 0.301. The highest BCUT2D eigenvalue weighted by molar-refractivity contribution is 5.66. The average molecular weight is 265 g/mol. The molecule has 4 rings (SSSR count). The van der Waals surface area contributed by atoms with Crippen LogP contribution < -0.4 is 11.4 Å². The molecule has 0 radical (unpaired) electrons. The molecule has 1 aromatic heterocycles. The van der Waals surface area contributed by atoms with Crippen LogP contribution in [-0.4, -0.2) is 26.5 Å². The molecule has 0 N–H and O–H groups in total. The van der Waals surface area contributed by atoms with Crippen LogP contribution in [-0.2, 0) is 16.6 Å². The lowest BCUT2D eigenvalue weighted by molar-refractivity contribution is -0.140. The number of fused-ring (bicyclic) bond motifs is 1. The van der Waals surface area contributed by atoms with E-state index in [0.717, 1.165) is 23.0 Å². The molecule has 7 heteroatoms. The second-order valence-electron chi connectivity index (χ2n) is 5.00. The van der Waals surface area contributed by atoms with Crippen LogP contribution in [0.15, 0.2) is 21.2 Å². The Bertz CT molecular complexity index is 691. The Morgan fingerprint density at radius 3 is 2.68 bits per heavy atom. The van der Waals surface area contributed by atoms with Gasteiger partial charge in [0.1, 0.15) is 6.61 Å². The fraction of sp³-hybridized carbons (Fsp3) is 0.583. The van der Waals surface area contributed by atoms with E-state index in [2.05, 4.69) is 0 Å². The Morgan fingerprint density at radius 1 is 1.32 bits per heavy atom. The molecule has 1 aromatic rings. The Morgan fingerprint density at radius 2 is 2.00 bits per heavy atom. The topological polar surface area (TPSA) is 75.2 Å². The number of hydrogen-bond donors (Lipinski definition) is 0. The van der Waals surface area contributed by atoms with Crippen molar-refractivity contribution >= 4 is 5.97 Å². The molecule has 0 saturated carbocycles. The number of nitrogens with zero attached hydrogens (tertiary/aromatic N) is 3. The largest absolute Gasteiger partial charge is 0.461 e. The molecule has 1 aliphatic carbocycles. The zero-order valence-corrected chi connectivity index (χ0v) is 10.8. The van der Waals surface area contributed by atoms with Crippen LogP contribution in [0.25, 0.3) is 0 Å². The van der Waals surface area contributed by atoms with Crippen LogP contribution in [0.5, 0.6) is 0 Å². The summed E-state index contributed by atoms with van der Waals surface area (Å²) in [6, 6.07) is -0.289. The first kappa shape index (κ1) is 12.0. The number of ether oxygens (including phenoxy) is 1. The lowest BCUT2D eigenvalue weighted by atomic mass is 9.89. The number of carbonyl (C=O) groups excluding carboxylic acids is 1. The fourth-order valence-corrected chi connectivity index (χ4v) is 2.92. The summed E-state index contributed by atoms with van der Waals surface area (Å²) in [6.45, 7) is 1.54. The van der Waals surface area contributed by atoms with E-state index in [1.165, 1.54) is 23.3 Å².